The van der Waals surface area contributed by atoms with Gasteiger partial charge in [0.25, 0.3) is 5.91 Å². The first-order chi connectivity index (χ1) is 13.7. The van der Waals surface area contributed by atoms with E-state index in [9.17, 15) is 4.79 Å². The average molecular weight is 394 g/mol. The molecule has 2 aromatic rings. The molecule has 1 amide bonds. The second-order valence-electron chi connectivity index (χ2n) is 6.51. The van der Waals surface area contributed by atoms with E-state index in [-0.39, 0.29) is 17.2 Å². The minimum Gasteiger partial charge on any atom is -0.490 e. The highest BCUT2D eigenvalue weighted by molar-refractivity contribution is 8.00. The molecule has 0 fully saturated rings. The lowest BCUT2D eigenvalue weighted by atomic mass is 10.0. The quantitative estimate of drug-likeness (QED) is 0.708. The Balaban J connectivity index is 1.75. The van der Waals surface area contributed by atoms with Gasteiger partial charge in [0.15, 0.2) is 11.5 Å². The number of hydrogen-bond acceptors (Lipinski definition) is 4. The van der Waals surface area contributed by atoms with E-state index in [0.29, 0.717) is 30.3 Å². The summed E-state index contributed by atoms with van der Waals surface area (Å²) < 4.78 is 11.4. The number of para-hydroxylation sites is 1. The van der Waals surface area contributed by atoms with E-state index in [1.165, 1.54) is 0 Å². The van der Waals surface area contributed by atoms with Crippen molar-refractivity contribution >= 4 is 23.4 Å². The van der Waals surface area contributed by atoms with Gasteiger partial charge in [-0.1, -0.05) is 36.4 Å². The van der Waals surface area contributed by atoms with Crippen LogP contribution in [0.3, 0.4) is 0 Å². The molecule has 2 aliphatic rings. The maximum Gasteiger partial charge on any atom is 0.259 e. The van der Waals surface area contributed by atoms with Crippen LogP contribution in [0.4, 0.5) is 5.69 Å². The molecule has 1 aliphatic heterocycles. The van der Waals surface area contributed by atoms with Crippen LogP contribution in [0.1, 0.15) is 24.2 Å². The van der Waals surface area contributed by atoms with Crippen LogP contribution >= 0.6 is 11.8 Å². The third kappa shape index (κ3) is 3.42. The maximum atomic E-state index is 13.6. The standard InChI is InChI=1S/C23H23NO3S/c1-3-26-19-14-13-16(15-20(19)27-4-2)23(25)24-17-9-5-7-11-21(17)28-22-12-8-6-10-18(22)24/h5-15,17,21H,3-4H2,1-2H3/t17-,21-/m1/s1. The Bertz CT molecular complexity index is 937. The Morgan fingerprint density at radius 3 is 2.57 bits per heavy atom. The second kappa shape index (κ2) is 8.15. The molecule has 144 valence electrons. The van der Waals surface area contributed by atoms with Crippen LogP contribution in [0.15, 0.2) is 71.7 Å². The van der Waals surface area contributed by atoms with E-state index in [2.05, 4.69) is 24.3 Å². The van der Waals surface area contributed by atoms with Gasteiger partial charge in [0, 0.05) is 10.5 Å². The number of rotatable bonds is 5. The highest BCUT2D eigenvalue weighted by atomic mass is 32.2. The molecule has 0 spiro atoms. The van der Waals surface area contributed by atoms with Gasteiger partial charge in [0.1, 0.15) is 0 Å². The van der Waals surface area contributed by atoms with Crippen molar-refractivity contribution in [2.45, 2.75) is 30.0 Å². The molecule has 0 saturated heterocycles. The molecule has 4 rings (SSSR count). The predicted octanol–water partition coefficient (Wildman–Crippen LogP) is 5.10. The monoisotopic (exact) mass is 393 g/mol. The summed E-state index contributed by atoms with van der Waals surface area (Å²) in [6.45, 7) is 4.91. The molecule has 0 radical (unpaired) electrons. The summed E-state index contributed by atoms with van der Waals surface area (Å²) in [5, 5.41) is 0.206. The van der Waals surface area contributed by atoms with Crippen molar-refractivity contribution < 1.29 is 14.3 Å². The Morgan fingerprint density at radius 2 is 1.75 bits per heavy atom. The van der Waals surface area contributed by atoms with Crippen molar-refractivity contribution in [3.05, 3.63) is 72.3 Å². The lowest BCUT2D eigenvalue weighted by Crippen LogP contribution is -2.47. The van der Waals surface area contributed by atoms with Gasteiger partial charge >= 0.3 is 0 Å². The molecule has 5 heteroatoms. The van der Waals surface area contributed by atoms with Gasteiger partial charge in [0.2, 0.25) is 0 Å². The number of carbonyl (C=O) groups is 1. The fourth-order valence-corrected chi connectivity index (χ4v) is 4.81. The van der Waals surface area contributed by atoms with Crippen LogP contribution in [0.2, 0.25) is 0 Å². The van der Waals surface area contributed by atoms with E-state index in [1.54, 1.807) is 17.8 Å². The average Bonchev–Trinajstić information content (AvgIpc) is 2.73. The summed E-state index contributed by atoms with van der Waals surface area (Å²) in [6, 6.07) is 13.5. The summed E-state index contributed by atoms with van der Waals surface area (Å²) >= 11 is 1.80. The number of carbonyl (C=O) groups excluding carboxylic acids is 1. The molecule has 0 saturated carbocycles. The first-order valence-electron chi connectivity index (χ1n) is 9.56. The normalized spacial score (nSPS) is 19.7. The number of thioether (sulfide) groups is 1. The van der Waals surface area contributed by atoms with Crippen molar-refractivity contribution in [3.63, 3.8) is 0 Å². The van der Waals surface area contributed by atoms with Crippen molar-refractivity contribution in [1.82, 2.24) is 0 Å². The molecule has 0 aromatic heterocycles. The summed E-state index contributed by atoms with van der Waals surface area (Å²) in [4.78, 5) is 16.6. The number of allylic oxidation sites excluding steroid dienone is 2. The van der Waals surface area contributed by atoms with Gasteiger partial charge in [-0.2, -0.15) is 0 Å². The Hall–Kier alpha value is -2.66. The van der Waals surface area contributed by atoms with E-state index < -0.39 is 0 Å². The highest BCUT2D eigenvalue weighted by Crippen LogP contribution is 2.44. The molecule has 0 N–H and O–H groups in total. The third-order valence-electron chi connectivity index (χ3n) is 4.75. The lowest BCUT2D eigenvalue weighted by Gasteiger charge is -2.40. The number of fused-ring (bicyclic) bond motifs is 2. The van der Waals surface area contributed by atoms with Crippen LogP contribution in [-0.2, 0) is 0 Å². The van der Waals surface area contributed by atoms with Gasteiger partial charge in [0.05, 0.1) is 30.2 Å². The molecule has 2 aromatic carbocycles. The molecule has 0 unspecified atom stereocenters. The number of ether oxygens (including phenoxy) is 2. The Kier molecular flexibility index (Phi) is 5.44. The van der Waals surface area contributed by atoms with Crippen LogP contribution in [0, 0.1) is 0 Å². The van der Waals surface area contributed by atoms with E-state index in [0.717, 1.165) is 10.6 Å². The van der Waals surface area contributed by atoms with Crippen molar-refractivity contribution in [2.24, 2.45) is 0 Å². The molecule has 2 atom stereocenters. The van der Waals surface area contributed by atoms with E-state index in [1.807, 2.05) is 55.2 Å². The minimum absolute atomic E-state index is 0.0143. The first kappa shape index (κ1) is 18.7. The zero-order chi connectivity index (χ0) is 19.5. The van der Waals surface area contributed by atoms with Crippen LogP contribution in [-0.4, -0.2) is 30.4 Å². The van der Waals surface area contributed by atoms with Crippen LogP contribution < -0.4 is 14.4 Å². The molecular weight excluding hydrogens is 370 g/mol. The lowest BCUT2D eigenvalue weighted by molar-refractivity contribution is 0.0980. The predicted molar refractivity (Wildman–Crippen MR) is 114 cm³/mol. The second-order valence-corrected chi connectivity index (χ2v) is 7.73. The van der Waals surface area contributed by atoms with Crippen LogP contribution in [0.25, 0.3) is 0 Å². The van der Waals surface area contributed by atoms with E-state index in [4.69, 9.17) is 9.47 Å². The maximum absolute atomic E-state index is 13.6. The van der Waals surface area contributed by atoms with Crippen molar-refractivity contribution in [2.75, 3.05) is 18.1 Å². The zero-order valence-electron chi connectivity index (χ0n) is 16.0. The van der Waals surface area contributed by atoms with E-state index >= 15 is 0 Å². The SMILES string of the molecule is CCOc1ccc(C(=O)N2c3ccccc3S[C@@H]3C=CC=C[C@H]32)cc1OCC. The third-order valence-corrected chi connectivity index (χ3v) is 6.06. The number of nitrogens with zero attached hydrogens (tertiary/aromatic N) is 1. The molecule has 0 bridgehead atoms. The number of hydrogen-bond donors (Lipinski definition) is 0. The largest absolute Gasteiger partial charge is 0.490 e. The molecular formula is C23H23NO3S. The highest BCUT2D eigenvalue weighted by Gasteiger charge is 2.37. The number of benzene rings is 2. The van der Waals surface area contributed by atoms with Crippen LogP contribution in [0.5, 0.6) is 11.5 Å². The summed E-state index contributed by atoms with van der Waals surface area (Å²) in [5.41, 5.74) is 1.54. The Morgan fingerprint density at radius 1 is 1.00 bits per heavy atom. The minimum atomic E-state index is -0.0355. The zero-order valence-corrected chi connectivity index (χ0v) is 16.8. The van der Waals surface area contributed by atoms with Gasteiger partial charge in [-0.25, -0.2) is 0 Å². The van der Waals surface area contributed by atoms with Gasteiger partial charge in [-0.15, -0.1) is 11.8 Å². The number of anilines is 1. The van der Waals surface area contributed by atoms with Gasteiger partial charge in [-0.3, -0.25) is 9.69 Å². The summed E-state index contributed by atoms with van der Waals surface area (Å²) in [6.07, 6.45) is 8.33. The fraction of sp³-hybridized carbons (Fsp3) is 0.261. The van der Waals surface area contributed by atoms with Gasteiger partial charge < -0.3 is 9.47 Å². The Labute approximate surface area is 169 Å². The topological polar surface area (TPSA) is 38.8 Å². The summed E-state index contributed by atoms with van der Waals surface area (Å²) in [5.74, 6) is 1.23. The van der Waals surface area contributed by atoms with Crippen molar-refractivity contribution in [3.8, 4) is 11.5 Å². The molecule has 28 heavy (non-hydrogen) atoms. The molecule has 1 aliphatic carbocycles. The molecule has 4 nitrogen and oxygen atoms in total. The first-order valence-corrected chi connectivity index (χ1v) is 10.4. The van der Waals surface area contributed by atoms with Gasteiger partial charge in [-0.05, 0) is 44.2 Å². The van der Waals surface area contributed by atoms with Crippen molar-refractivity contribution in [1.29, 1.82) is 0 Å². The summed E-state index contributed by atoms with van der Waals surface area (Å²) in [7, 11) is 0. The smallest absolute Gasteiger partial charge is 0.259 e. The molecule has 1 heterocycles. The fourth-order valence-electron chi connectivity index (χ4n) is 3.55. The number of amides is 1.